The number of esters is 3. The van der Waals surface area contributed by atoms with Gasteiger partial charge in [0.25, 0.3) is 0 Å². The van der Waals surface area contributed by atoms with Crippen molar-refractivity contribution in [3.05, 3.63) is 83.2 Å². The lowest BCUT2D eigenvalue weighted by Gasteiger charge is -2.20. The Kier molecular flexibility index (Phi) is 8.86. The van der Waals surface area contributed by atoms with E-state index in [-0.39, 0.29) is 39.5 Å². The summed E-state index contributed by atoms with van der Waals surface area (Å²) >= 11 is 0. The first kappa shape index (κ1) is 29.1. The zero-order chi connectivity index (χ0) is 29.6. The Morgan fingerprint density at radius 1 is 0.854 bits per heavy atom. The topological polar surface area (TPSA) is 157 Å². The van der Waals surface area contributed by atoms with Crippen LogP contribution in [0.5, 0.6) is 23.0 Å². The van der Waals surface area contributed by atoms with Gasteiger partial charge >= 0.3 is 25.7 Å². The van der Waals surface area contributed by atoms with E-state index in [9.17, 15) is 23.7 Å². The molecule has 0 spiro atoms. The molecule has 41 heavy (non-hydrogen) atoms. The summed E-state index contributed by atoms with van der Waals surface area (Å²) in [5.41, 5.74) is -0.0183. The van der Waals surface area contributed by atoms with Gasteiger partial charge in [0.05, 0.1) is 12.7 Å². The third kappa shape index (κ3) is 7.38. The average molecular weight is 581 g/mol. The summed E-state index contributed by atoms with van der Waals surface area (Å²) < 4.78 is 45.4. The van der Waals surface area contributed by atoms with Gasteiger partial charge in [-0.15, -0.1) is 0 Å². The Balaban J connectivity index is 1.75. The molecule has 1 atom stereocenters. The number of methoxy groups -OCH3 is 1. The van der Waals surface area contributed by atoms with Gasteiger partial charge in [0.1, 0.15) is 46.8 Å². The van der Waals surface area contributed by atoms with E-state index < -0.39 is 37.6 Å². The number of hydrogen-bond acceptors (Lipinski definition) is 11. The number of hydrogen-bond donors (Lipinski definition) is 1. The number of para-hydroxylation sites is 1. The zero-order valence-corrected chi connectivity index (χ0v) is 23.0. The number of benzene rings is 3. The lowest BCUT2D eigenvalue weighted by atomic mass is 10.0. The van der Waals surface area contributed by atoms with Crippen molar-refractivity contribution in [1.29, 1.82) is 0 Å². The minimum Gasteiger partial charge on any atom is -0.468 e. The van der Waals surface area contributed by atoms with Crippen molar-refractivity contribution in [1.82, 2.24) is 5.09 Å². The zero-order valence-electron chi connectivity index (χ0n) is 22.1. The van der Waals surface area contributed by atoms with Crippen LogP contribution in [0.2, 0.25) is 0 Å². The van der Waals surface area contributed by atoms with Gasteiger partial charge in [-0.1, -0.05) is 30.3 Å². The fourth-order valence-corrected chi connectivity index (χ4v) is 4.90. The third-order valence-corrected chi connectivity index (χ3v) is 6.78. The molecule has 0 aliphatic rings. The average Bonchev–Trinajstić information content (AvgIpc) is 2.92. The van der Waals surface area contributed by atoms with Crippen molar-refractivity contribution in [2.24, 2.45) is 0 Å². The smallest absolute Gasteiger partial charge is 0.468 e. The van der Waals surface area contributed by atoms with E-state index in [1.807, 2.05) is 0 Å². The number of ether oxygens (including phenoxy) is 3. The molecule has 1 aromatic heterocycles. The molecular formula is C28H24NO11P. The van der Waals surface area contributed by atoms with Crippen LogP contribution in [0.1, 0.15) is 13.8 Å². The van der Waals surface area contributed by atoms with E-state index in [0.717, 1.165) is 14.0 Å². The molecule has 212 valence electrons. The molecule has 0 aliphatic carbocycles. The van der Waals surface area contributed by atoms with Gasteiger partial charge in [-0.3, -0.25) is 19.2 Å². The molecule has 0 fully saturated rings. The predicted molar refractivity (Wildman–Crippen MR) is 146 cm³/mol. The second-order valence-corrected chi connectivity index (χ2v) is 10.1. The van der Waals surface area contributed by atoms with Crippen LogP contribution in [0.4, 0.5) is 0 Å². The van der Waals surface area contributed by atoms with Crippen molar-refractivity contribution >= 4 is 36.6 Å². The van der Waals surface area contributed by atoms with E-state index in [0.29, 0.717) is 5.56 Å². The summed E-state index contributed by atoms with van der Waals surface area (Å²) in [6.45, 7) is 1.89. The summed E-state index contributed by atoms with van der Waals surface area (Å²) in [5, 5.41) is 2.33. The maximum Gasteiger partial charge on any atom is 0.513 e. The van der Waals surface area contributed by atoms with Crippen LogP contribution in [0.25, 0.3) is 22.1 Å². The number of rotatable bonds is 10. The molecular weight excluding hydrogens is 557 g/mol. The Morgan fingerprint density at radius 3 is 2.15 bits per heavy atom. The highest BCUT2D eigenvalue weighted by Crippen LogP contribution is 2.46. The quantitative estimate of drug-likeness (QED) is 0.157. The Labute approximate surface area is 233 Å². The van der Waals surface area contributed by atoms with Gasteiger partial charge in [-0.05, 0) is 29.8 Å². The van der Waals surface area contributed by atoms with Crippen LogP contribution in [0.3, 0.4) is 0 Å². The number of nitrogens with one attached hydrogen (secondary N) is 1. The lowest BCUT2D eigenvalue weighted by molar-refractivity contribution is -0.139. The number of carbonyl (C=O) groups is 3. The van der Waals surface area contributed by atoms with Crippen LogP contribution < -0.4 is 29.0 Å². The monoisotopic (exact) mass is 581 g/mol. The maximum atomic E-state index is 13.6. The first-order valence-corrected chi connectivity index (χ1v) is 13.5. The fraction of sp³-hybridized carbons (Fsp3) is 0.143. The summed E-state index contributed by atoms with van der Waals surface area (Å²) in [5.74, 6) is -1.90. The predicted octanol–water partition coefficient (Wildman–Crippen LogP) is 4.64. The molecule has 0 bridgehead atoms. The lowest BCUT2D eigenvalue weighted by Crippen LogP contribution is -2.26. The molecule has 3 aromatic carbocycles. The normalized spacial score (nSPS) is 12.2. The molecule has 4 aromatic rings. The molecule has 4 rings (SSSR count). The van der Waals surface area contributed by atoms with Crippen molar-refractivity contribution < 1.29 is 46.6 Å². The van der Waals surface area contributed by atoms with Gasteiger partial charge in [0, 0.05) is 26.0 Å². The fourth-order valence-electron chi connectivity index (χ4n) is 3.62. The van der Waals surface area contributed by atoms with Gasteiger partial charge in [0.2, 0.25) is 5.43 Å². The van der Waals surface area contributed by atoms with E-state index in [1.165, 1.54) is 49.6 Å². The SMILES string of the molecule is COC(=O)CNP(=O)(Oc1ccccc1)Oc1cc(OC(C)=O)c2c(=O)c(-c3ccc(OC(C)=O)cc3)coc2c1. The Hall–Kier alpha value is -4.93. The van der Waals surface area contributed by atoms with Crippen molar-refractivity contribution in [3.63, 3.8) is 0 Å². The highest BCUT2D eigenvalue weighted by molar-refractivity contribution is 7.52. The number of fused-ring (bicyclic) bond motifs is 1. The van der Waals surface area contributed by atoms with Crippen LogP contribution in [0, 0.1) is 0 Å². The van der Waals surface area contributed by atoms with Crippen molar-refractivity contribution in [3.8, 4) is 34.1 Å². The van der Waals surface area contributed by atoms with Gasteiger partial charge < -0.3 is 27.7 Å². The second kappa shape index (κ2) is 12.5. The van der Waals surface area contributed by atoms with Gasteiger partial charge in [0.15, 0.2) is 0 Å². The first-order chi connectivity index (χ1) is 19.6. The standard InChI is InChI=1S/C28H24NO11P/c1-17(30)37-20-11-9-19(10-12-20)23-16-36-24-13-22(14-25(38-18(2)31)27(24)28(23)33)40-41(34,29-15-26(32)35-3)39-21-7-5-4-6-8-21/h4-14,16H,15H2,1-3H3,(H,29,34). The molecule has 12 nitrogen and oxygen atoms in total. The number of carbonyl (C=O) groups excluding carboxylic acids is 3. The summed E-state index contributed by atoms with van der Waals surface area (Å²) in [6.07, 6.45) is 1.20. The van der Waals surface area contributed by atoms with Crippen LogP contribution >= 0.6 is 7.75 Å². The molecule has 0 amide bonds. The maximum absolute atomic E-state index is 13.6. The highest BCUT2D eigenvalue weighted by atomic mass is 31.2. The summed E-state index contributed by atoms with van der Waals surface area (Å²) in [7, 11) is -3.13. The van der Waals surface area contributed by atoms with Crippen LogP contribution in [-0.4, -0.2) is 31.6 Å². The minimum absolute atomic E-state index is 0.0525. The second-order valence-electron chi connectivity index (χ2n) is 8.39. The molecule has 0 aliphatic heterocycles. The third-order valence-electron chi connectivity index (χ3n) is 5.33. The molecule has 13 heteroatoms. The van der Waals surface area contributed by atoms with E-state index in [4.69, 9.17) is 22.9 Å². The largest absolute Gasteiger partial charge is 0.513 e. The Bertz CT molecular complexity index is 1700. The van der Waals surface area contributed by atoms with Gasteiger partial charge in [-0.25, -0.2) is 4.57 Å². The first-order valence-electron chi connectivity index (χ1n) is 12.0. The minimum atomic E-state index is -4.29. The van der Waals surface area contributed by atoms with Crippen LogP contribution in [-0.2, 0) is 23.7 Å². The van der Waals surface area contributed by atoms with Crippen molar-refractivity contribution in [2.45, 2.75) is 13.8 Å². The summed E-state index contributed by atoms with van der Waals surface area (Å²) in [4.78, 5) is 48.3. The summed E-state index contributed by atoms with van der Waals surface area (Å²) in [6, 6.07) is 16.6. The van der Waals surface area contributed by atoms with Crippen molar-refractivity contribution in [2.75, 3.05) is 13.7 Å². The van der Waals surface area contributed by atoms with E-state index in [1.54, 1.807) is 30.3 Å². The Morgan fingerprint density at radius 2 is 1.51 bits per heavy atom. The molecule has 0 saturated carbocycles. The highest BCUT2D eigenvalue weighted by Gasteiger charge is 2.31. The molecule has 0 saturated heterocycles. The van der Waals surface area contributed by atoms with E-state index >= 15 is 0 Å². The molecule has 1 heterocycles. The molecule has 1 N–H and O–H groups in total. The van der Waals surface area contributed by atoms with E-state index in [2.05, 4.69) is 9.82 Å². The molecule has 0 radical (unpaired) electrons. The molecule has 1 unspecified atom stereocenters. The van der Waals surface area contributed by atoms with Crippen LogP contribution in [0.15, 0.2) is 82.2 Å². The van der Waals surface area contributed by atoms with Gasteiger partial charge in [-0.2, -0.15) is 5.09 Å².